The van der Waals surface area contributed by atoms with E-state index in [1.165, 1.54) is 0 Å². The van der Waals surface area contributed by atoms with Crippen LogP contribution in [0.1, 0.15) is 32.1 Å². The van der Waals surface area contributed by atoms with Crippen molar-refractivity contribution in [1.82, 2.24) is 0 Å². The standard InChI is InChI=1S/C11H18I2O4/c12-8-10(14)16-6-4-2-1-3-5-7-17-11(15)9-13/h1-9H2. The fourth-order valence-electron chi connectivity index (χ4n) is 1.18. The molecule has 0 unspecified atom stereocenters. The Kier molecular flexibility index (Phi) is 13.1. The highest BCUT2D eigenvalue weighted by molar-refractivity contribution is 14.1. The quantitative estimate of drug-likeness (QED) is 0.214. The Bertz CT molecular complexity index is 200. The van der Waals surface area contributed by atoms with Crippen LogP contribution in [0.5, 0.6) is 0 Å². The number of alkyl halides is 2. The van der Waals surface area contributed by atoms with Crippen molar-refractivity contribution in [2.75, 3.05) is 22.1 Å². The molecule has 0 bridgehead atoms. The Morgan fingerprint density at radius 1 is 0.706 bits per heavy atom. The van der Waals surface area contributed by atoms with Crippen LogP contribution >= 0.6 is 45.2 Å². The van der Waals surface area contributed by atoms with E-state index in [4.69, 9.17) is 9.47 Å². The predicted molar refractivity (Wildman–Crippen MR) is 82.8 cm³/mol. The Balaban J connectivity index is 3.08. The third-order valence-corrected chi connectivity index (χ3v) is 3.28. The molecule has 17 heavy (non-hydrogen) atoms. The third kappa shape index (κ3) is 12.6. The van der Waals surface area contributed by atoms with Gasteiger partial charge in [-0.1, -0.05) is 64.4 Å². The van der Waals surface area contributed by atoms with E-state index in [0.717, 1.165) is 32.1 Å². The normalized spacial score (nSPS) is 10.0. The molecule has 6 heteroatoms. The Labute approximate surface area is 129 Å². The molecule has 0 N–H and O–H groups in total. The number of hydrogen-bond acceptors (Lipinski definition) is 4. The van der Waals surface area contributed by atoms with Crippen LogP contribution in [-0.2, 0) is 19.1 Å². The maximum atomic E-state index is 10.8. The first kappa shape index (κ1) is 17.4. The number of unbranched alkanes of at least 4 members (excludes halogenated alkanes) is 4. The van der Waals surface area contributed by atoms with E-state index in [0.29, 0.717) is 22.1 Å². The van der Waals surface area contributed by atoms with Gasteiger partial charge in [0.05, 0.1) is 22.1 Å². The average Bonchev–Trinajstić information content (AvgIpc) is 2.35. The molecule has 0 aromatic rings. The molecule has 0 saturated heterocycles. The van der Waals surface area contributed by atoms with Crippen molar-refractivity contribution >= 4 is 57.1 Å². The van der Waals surface area contributed by atoms with E-state index in [1.54, 1.807) is 0 Å². The highest BCUT2D eigenvalue weighted by Gasteiger charge is 1.99. The first-order valence-electron chi connectivity index (χ1n) is 5.64. The second-order valence-electron chi connectivity index (χ2n) is 3.48. The van der Waals surface area contributed by atoms with Gasteiger partial charge in [0.15, 0.2) is 0 Å². The van der Waals surface area contributed by atoms with Crippen LogP contribution in [0, 0.1) is 0 Å². The minimum atomic E-state index is -0.142. The molecule has 0 aliphatic heterocycles. The number of carbonyl (C=O) groups excluding carboxylic acids is 2. The number of carbonyl (C=O) groups is 2. The molecule has 0 saturated carbocycles. The van der Waals surface area contributed by atoms with E-state index in [9.17, 15) is 9.59 Å². The molecule has 0 aromatic carbocycles. The van der Waals surface area contributed by atoms with Gasteiger partial charge in [0.25, 0.3) is 0 Å². The van der Waals surface area contributed by atoms with Gasteiger partial charge in [-0.25, -0.2) is 0 Å². The van der Waals surface area contributed by atoms with E-state index < -0.39 is 0 Å². The van der Waals surface area contributed by atoms with Crippen LogP contribution in [-0.4, -0.2) is 34.0 Å². The summed E-state index contributed by atoms with van der Waals surface area (Å²) in [5, 5.41) is 0. The lowest BCUT2D eigenvalue weighted by Gasteiger charge is -2.04. The van der Waals surface area contributed by atoms with Crippen LogP contribution in [0.2, 0.25) is 0 Å². The summed E-state index contributed by atoms with van der Waals surface area (Å²) in [4.78, 5) is 21.6. The number of hydrogen-bond donors (Lipinski definition) is 0. The van der Waals surface area contributed by atoms with Gasteiger partial charge in [0.1, 0.15) is 0 Å². The highest BCUT2D eigenvalue weighted by Crippen LogP contribution is 2.04. The fraction of sp³-hybridized carbons (Fsp3) is 0.818. The van der Waals surface area contributed by atoms with Gasteiger partial charge in [0.2, 0.25) is 0 Å². The van der Waals surface area contributed by atoms with Gasteiger partial charge in [-0.2, -0.15) is 0 Å². The van der Waals surface area contributed by atoms with Crippen LogP contribution in [0.15, 0.2) is 0 Å². The number of halogens is 2. The lowest BCUT2D eigenvalue weighted by Crippen LogP contribution is -2.07. The summed E-state index contributed by atoms with van der Waals surface area (Å²) >= 11 is 3.98. The molecule has 0 radical (unpaired) electrons. The van der Waals surface area contributed by atoms with Gasteiger partial charge in [-0.3, -0.25) is 9.59 Å². The summed E-state index contributed by atoms with van der Waals surface area (Å²) < 4.78 is 10.7. The predicted octanol–water partition coefficient (Wildman–Crippen LogP) is 2.89. The number of esters is 2. The second kappa shape index (κ2) is 12.8. The molecule has 0 aliphatic carbocycles. The van der Waals surface area contributed by atoms with Crippen LogP contribution < -0.4 is 0 Å². The van der Waals surface area contributed by atoms with Crippen LogP contribution in [0.3, 0.4) is 0 Å². The molecule has 0 spiro atoms. The topological polar surface area (TPSA) is 52.6 Å². The van der Waals surface area contributed by atoms with Crippen LogP contribution in [0.25, 0.3) is 0 Å². The lowest BCUT2D eigenvalue weighted by atomic mass is 10.1. The second-order valence-corrected chi connectivity index (χ2v) is 5.00. The third-order valence-electron chi connectivity index (χ3n) is 2.03. The number of rotatable bonds is 10. The van der Waals surface area contributed by atoms with Gasteiger partial charge < -0.3 is 9.47 Å². The Morgan fingerprint density at radius 2 is 1.06 bits per heavy atom. The summed E-state index contributed by atoms with van der Waals surface area (Å²) in [5.74, 6) is -0.285. The van der Waals surface area contributed by atoms with Crippen molar-refractivity contribution in [3.63, 3.8) is 0 Å². The van der Waals surface area contributed by atoms with Gasteiger partial charge in [-0.05, 0) is 12.8 Å². The molecule has 0 aliphatic rings. The SMILES string of the molecule is O=C(CI)OCCCCCCCOC(=O)CI. The van der Waals surface area contributed by atoms with Crippen molar-refractivity contribution in [3.05, 3.63) is 0 Å². The van der Waals surface area contributed by atoms with Crippen molar-refractivity contribution in [2.24, 2.45) is 0 Å². The van der Waals surface area contributed by atoms with E-state index >= 15 is 0 Å². The summed E-state index contributed by atoms with van der Waals surface area (Å²) in [6.45, 7) is 1.04. The molecule has 0 rings (SSSR count). The Hall–Kier alpha value is 0.400. The van der Waals surface area contributed by atoms with Crippen molar-refractivity contribution in [2.45, 2.75) is 32.1 Å². The monoisotopic (exact) mass is 468 g/mol. The minimum absolute atomic E-state index is 0.142. The lowest BCUT2D eigenvalue weighted by molar-refractivity contribution is -0.141. The first-order chi connectivity index (χ1) is 8.20. The first-order valence-corrected chi connectivity index (χ1v) is 8.69. The summed E-state index contributed by atoms with van der Waals surface area (Å²) in [5.41, 5.74) is 0. The molecule has 0 atom stereocenters. The van der Waals surface area contributed by atoms with E-state index in [-0.39, 0.29) is 11.9 Å². The van der Waals surface area contributed by atoms with E-state index in [1.807, 2.05) is 45.2 Å². The van der Waals surface area contributed by atoms with Crippen molar-refractivity contribution < 1.29 is 19.1 Å². The maximum Gasteiger partial charge on any atom is 0.315 e. The maximum absolute atomic E-state index is 10.8. The molecule has 0 fully saturated rings. The fourth-order valence-corrected chi connectivity index (χ4v) is 1.62. The molecular formula is C11H18I2O4. The smallest absolute Gasteiger partial charge is 0.315 e. The zero-order chi connectivity index (χ0) is 12.9. The largest absolute Gasteiger partial charge is 0.465 e. The summed E-state index contributed by atoms with van der Waals surface area (Å²) in [6, 6.07) is 0. The van der Waals surface area contributed by atoms with E-state index in [2.05, 4.69) is 0 Å². The van der Waals surface area contributed by atoms with Gasteiger partial charge in [0, 0.05) is 0 Å². The average molecular weight is 468 g/mol. The minimum Gasteiger partial charge on any atom is -0.465 e. The summed E-state index contributed by atoms with van der Waals surface area (Å²) in [6.07, 6.45) is 5.01. The van der Waals surface area contributed by atoms with Gasteiger partial charge >= 0.3 is 11.9 Å². The molecule has 100 valence electrons. The molecule has 0 amide bonds. The molecule has 0 aromatic heterocycles. The molecule has 4 nitrogen and oxygen atoms in total. The molecular weight excluding hydrogens is 450 g/mol. The zero-order valence-electron chi connectivity index (χ0n) is 9.75. The number of ether oxygens (including phenoxy) is 2. The van der Waals surface area contributed by atoms with Crippen LogP contribution in [0.4, 0.5) is 0 Å². The van der Waals surface area contributed by atoms with Gasteiger partial charge in [-0.15, -0.1) is 0 Å². The highest BCUT2D eigenvalue weighted by atomic mass is 127. The summed E-state index contributed by atoms with van der Waals surface area (Å²) in [7, 11) is 0. The van der Waals surface area contributed by atoms with Crippen molar-refractivity contribution in [3.8, 4) is 0 Å². The zero-order valence-corrected chi connectivity index (χ0v) is 14.1. The van der Waals surface area contributed by atoms with Crippen molar-refractivity contribution in [1.29, 1.82) is 0 Å². The Morgan fingerprint density at radius 3 is 1.41 bits per heavy atom. The molecule has 0 heterocycles.